The van der Waals surface area contributed by atoms with Crippen LogP contribution in [0.3, 0.4) is 0 Å². The second-order valence-corrected chi connectivity index (χ2v) is 15.7. The molecular formula is C48H71N3O13. The molecule has 5 amide bonds. The number of ether oxygens (including phenoxy) is 8. The van der Waals surface area contributed by atoms with E-state index in [2.05, 4.69) is 29.7 Å². The lowest BCUT2D eigenvalue weighted by atomic mass is 10.0. The van der Waals surface area contributed by atoms with Crippen molar-refractivity contribution in [1.29, 1.82) is 0 Å². The van der Waals surface area contributed by atoms with Crippen molar-refractivity contribution in [3.05, 3.63) is 59.2 Å². The normalized spacial score (nSPS) is 14.9. The topological polar surface area (TPSA) is 186 Å². The molecule has 2 heterocycles. The summed E-state index contributed by atoms with van der Waals surface area (Å²) in [6.07, 6.45) is 12.9. The average molecular weight is 898 g/mol. The Morgan fingerprint density at radius 2 is 1.14 bits per heavy atom. The lowest BCUT2D eigenvalue weighted by Gasteiger charge is -2.27. The number of hydrogen-bond donors (Lipinski definition) is 2. The molecule has 356 valence electrons. The largest absolute Gasteiger partial charge is 0.491 e. The third-order valence-electron chi connectivity index (χ3n) is 10.7. The van der Waals surface area contributed by atoms with Gasteiger partial charge < -0.3 is 43.2 Å². The Kier molecular flexibility index (Phi) is 26.5. The molecule has 1 saturated heterocycles. The van der Waals surface area contributed by atoms with E-state index in [1.165, 1.54) is 56.6 Å². The number of carbonyl (C=O) groups excluding carboxylic acids is 5. The molecule has 2 N–H and O–H groups in total. The zero-order chi connectivity index (χ0) is 45.5. The van der Waals surface area contributed by atoms with Crippen LogP contribution in [-0.2, 0) is 54.0 Å². The Balaban J connectivity index is 0.840. The van der Waals surface area contributed by atoms with Crippen LogP contribution >= 0.6 is 0 Å². The number of nitrogens with one attached hydrogen (secondary N) is 2. The minimum atomic E-state index is -1.07. The van der Waals surface area contributed by atoms with Gasteiger partial charge in [-0.3, -0.25) is 34.2 Å². The average Bonchev–Trinajstić information content (AvgIpc) is 3.55. The standard InChI is InChI=1S/C48H71N3O13/c1-2-3-4-5-6-7-9-13-38-17-19-39(20-18-38)64-37-36-63-35-34-62-33-32-61-31-30-60-29-28-59-27-26-58-25-24-57-23-11-8-10-16-43(52)49-41-15-12-14-40-45(41)48(56)51(47(40)55)42-21-22-44(53)50-46(42)54/h12,14-15,17-20,42H,2-11,13,16,21-37H2,1H3,(H,49,52)(H,50,53,54). The van der Waals surface area contributed by atoms with Gasteiger partial charge in [0.15, 0.2) is 0 Å². The van der Waals surface area contributed by atoms with Crippen LogP contribution in [0, 0.1) is 0 Å². The van der Waals surface area contributed by atoms with Crippen molar-refractivity contribution >= 4 is 35.2 Å². The molecule has 0 saturated carbocycles. The quantitative estimate of drug-likeness (QED) is 0.0585. The van der Waals surface area contributed by atoms with Crippen molar-refractivity contribution < 1.29 is 61.9 Å². The van der Waals surface area contributed by atoms with Gasteiger partial charge in [0.2, 0.25) is 17.7 Å². The van der Waals surface area contributed by atoms with E-state index in [4.69, 9.17) is 37.9 Å². The maximum absolute atomic E-state index is 13.2. The number of carbonyl (C=O) groups is 5. The fourth-order valence-electron chi connectivity index (χ4n) is 7.18. The van der Waals surface area contributed by atoms with Crippen molar-refractivity contribution in [3.8, 4) is 5.75 Å². The van der Waals surface area contributed by atoms with Gasteiger partial charge >= 0.3 is 0 Å². The molecule has 0 aliphatic carbocycles. The van der Waals surface area contributed by atoms with Gasteiger partial charge in [0.25, 0.3) is 11.8 Å². The van der Waals surface area contributed by atoms with Crippen LogP contribution in [0.5, 0.6) is 5.75 Å². The molecule has 2 aliphatic rings. The van der Waals surface area contributed by atoms with Crippen LogP contribution in [0.25, 0.3) is 0 Å². The van der Waals surface area contributed by atoms with Gasteiger partial charge in [0.05, 0.1) is 103 Å². The Bertz CT molecular complexity index is 1670. The second kappa shape index (κ2) is 32.4. The number of benzene rings is 2. The summed E-state index contributed by atoms with van der Waals surface area (Å²) in [5.41, 5.74) is 1.76. The Hall–Kier alpha value is -4.29. The Labute approximate surface area is 378 Å². The summed E-state index contributed by atoms with van der Waals surface area (Å²) in [6.45, 7) is 9.50. The summed E-state index contributed by atoms with van der Waals surface area (Å²) in [6, 6.07) is 11.9. The predicted molar refractivity (Wildman–Crippen MR) is 240 cm³/mol. The lowest BCUT2D eigenvalue weighted by Crippen LogP contribution is -2.54. The zero-order valence-corrected chi connectivity index (χ0v) is 37.9. The minimum Gasteiger partial charge on any atom is -0.491 e. The highest BCUT2D eigenvalue weighted by atomic mass is 16.6. The summed E-state index contributed by atoms with van der Waals surface area (Å²) in [5, 5.41) is 4.92. The van der Waals surface area contributed by atoms with Gasteiger partial charge in [-0.25, -0.2) is 0 Å². The maximum Gasteiger partial charge on any atom is 0.264 e. The number of fused-ring (bicyclic) bond motifs is 1. The molecule has 16 heteroatoms. The van der Waals surface area contributed by atoms with E-state index < -0.39 is 29.7 Å². The third-order valence-corrected chi connectivity index (χ3v) is 10.7. The molecule has 2 aromatic rings. The summed E-state index contributed by atoms with van der Waals surface area (Å²) >= 11 is 0. The molecule has 0 aromatic heterocycles. The number of unbranched alkanes of at least 4 members (excludes halogenated alkanes) is 8. The van der Waals surface area contributed by atoms with E-state index in [9.17, 15) is 24.0 Å². The number of aryl methyl sites for hydroxylation is 1. The number of piperidine rings is 1. The van der Waals surface area contributed by atoms with Gasteiger partial charge in [0.1, 0.15) is 18.4 Å². The van der Waals surface area contributed by atoms with E-state index in [0.717, 1.165) is 29.9 Å². The summed E-state index contributed by atoms with van der Waals surface area (Å²) < 4.78 is 44.7. The number of imide groups is 2. The van der Waals surface area contributed by atoms with Crippen LogP contribution in [-0.4, -0.2) is 140 Å². The first kappa shape index (κ1) is 52.3. The Morgan fingerprint density at radius 3 is 1.72 bits per heavy atom. The lowest BCUT2D eigenvalue weighted by molar-refractivity contribution is -0.136. The molecule has 1 unspecified atom stereocenters. The zero-order valence-electron chi connectivity index (χ0n) is 37.9. The first-order chi connectivity index (χ1) is 31.4. The van der Waals surface area contributed by atoms with Gasteiger partial charge in [0, 0.05) is 19.4 Å². The molecule has 2 aliphatic heterocycles. The van der Waals surface area contributed by atoms with E-state index in [1.807, 2.05) is 12.1 Å². The van der Waals surface area contributed by atoms with Crippen molar-refractivity contribution in [2.45, 2.75) is 103 Å². The number of anilines is 1. The van der Waals surface area contributed by atoms with Gasteiger partial charge in [-0.2, -0.15) is 0 Å². The van der Waals surface area contributed by atoms with Crippen LogP contribution in [0.4, 0.5) is 5.69 Å². The summed E-state index contributed by atoms with van der Waals surface area (Å²) in [4.78, 5) is 63.6. The van der Waals surface area contributed by atoms with Gasteiger partial charge in [-0.15, -0.1) is 0 Å². The molecule has 64 heavy (non-hydrogen) atoms. The molecule has 0 spiro atoms. The molecule has 4 rings (SSSR count). The monoisotopic (exact) mass is 897 g/mol. The summed E-state index contributed by atoms with van der Waals surface area (Å²) in [5.74, 6) is -1.83. The fourth-order valence-corrected chi connectivity index (χ4v) is 7.18. The molecule has 1 atom stereocenters. The highest BCUT2D eigenvalue weighted by molar-refractivity contribution is 6.26. The van der Waals surface area contributed by atoms with Crippen molar-refractivity contribution in [1.82, 2.24) is 10.2 Å². The van der Waals surface area contributed by atoms with E-state index in [1.54, 1.807) is 12.1 Å². The predicted octanol–water partition coefficient (Wildman–Crippen LogP) is 6.08. The number of hydrogen-bond acceptors (Lipinski definition) is 13. The van der Waals surface area contributed by atoms with Crippen LogP contribution in [0.1, 0.15) is 117 Å². The number of rotatable bonds is 38. The van der Waals surface area contributed by atoms with Crippen LogP contribution in [0.15, 0.2) is 42.5 Å². The smallest absolute Gasteiger partial charge is 0.264 e. The third kappa shape index (κ3) is 20.3. The fraction of sp³-hybridized carbons (Fsp3) is 0.646. The van der Waals surface area contributed by atoms with Crippen molar-refractivity contribution in [3.63, 3.8) is 0 Å². The molecule has 1 fully saturated rings. The molecule has 2 aromatic carbocycles. The maximum atomic E-state index is 13.2. The molecule has 16 nitrogen and oxygen atoms in total. The van der Waals surface area contributed by atoms with E-state index in [-0.39, 0.29) is 42.0 Å². The molecule has 0 bridgehead atoms. The Morgan fingerprint density at radius 1 is 0.609 bits per heavy atom. The molecule has 0 radical (unpaired) electrons. The van der Waals surface area contributed by atoms with Crippen molar-refractivity contribution in [2.75, 3.05) is 104 Å². The second-order valence-electron chi connectivity index (χ2n) is 15.7. The van der Waals surface area contributed by atoms with E-state index in [0.29, 0.717) is 106 Å². The van der Waals surface area contributed by atoms with Gasteiger partial charge in [-0.1, -0.05) is 70.1 Å². The minimum absolute atomic E-state index is 0.0297. The SMILES string of the molecule is CCCCCCCCCc1ccc(OCCOCCOCCOCCOCCOCCOCCOCCCCCC(=O)Nc2cccc3c2C(=O)N(C2CCC(=O)NC2=O)C3=O)cc1. The first-order valence-electron chi connectivity index (χ1n) is 23.3. The highest BCUT2D eigenvalue weighted by Crippen LogP contribution is 2.32. The highest BCUT2D eigenvalue weighted by Gasteiger charge is 2.45. The summed E-state index contributed by atoms with van der Waals surface area (Å²) in [7, 11) is 0. The van der Waals surface area contributed by atoms with Gasteiger partial charge in [-0.05, 0) is 61.9 Å². The van der Waals surface area contributed by atoms with E-state index >= 15 is 0 Å². The number of nitrogens with zero attached hydrogens (tertiary/aromatic N) is 1. The first-order valence-corrected chi connectivity index (χ1v) is 23.3. The number of amides is 5. The van der Waals surface area contributed by atoms with Crippen LogP contribution < -0.4 is 15.4 Å². The van der Waals surface area contributed by atoms with Crippen molar-refractivity contribution in [2.24, 2.45) is 0 Å². The molecular weight excluding hydrogens is 827 g/mol. The van der Waals surface area contributed by atoms with Crippen LogP contribution in [0.2, 0.25) is 0 Å².